The number of aryl methyl sites for hydroxylation is 1. The van der Waals surface area contributed by atoms with Crippen molar-refractivity contribution in [2.75, 3.05) is 13.1 Å². The molecule has 2 aromatic rings. The Hall–Kier alpha value is -2.62. The summed E-state index contributed by atoms with van der Waals surface area (Å²) < 4.78 is 0. The molecule has 1 heterocycles. The minimum atomic E-state index is -0.229. The van der Waals surface area contributed by atoms with Crippen molar-refractivity contribution >= 4 is 11.8 Å². The number of nitrogens with zero attached hydrogens (tertiary/aromatic N) is 1. The van der Waals surface area contributed by atoms with Gasteiger partial charge < -0.3 is 10.2 Å². The van der Waals surface area contributed by atoms with Gasteiger partial charge in [-0.05, 0) is 24.0 Å². The summed E-state index contributed by atoms with van der Waals surface area (Å²) >= 11 is 0. The van der Waals surface area contributed by atoms with Crippen LogP contribution in [0.3, 0.4) is 0 Å². The molecule has 0 aromatic heterocycles. The highest BCUT2D eigenvalue weighted by atomic mass is 16.2. The van der Waals surface area contributed by atoms with E-state index in [0.29, 0.717) is 26.1 Å². The molecular formula is C21H24N2O2. The third kappa shape index (κ3) is 4.92. The van der Waals surface area contributed by atoms with Crippen molar-refractivity contribution in [2.24, 2.45) is 5.92 Å². The second-order valence-corrected chi connectivity index (χ2v) is 6.54. The van der Waals surface area contributed by atoms with E-state index in [0.717, 1.165) is 18.4 Å². The molecule has 1 aliphatic heterocycles. The monoisotopic (exact) mass is 336 g/mol. The van der Waals surface area contributed by atoms with Gasteiger partial charge in [-0.2, -0.15) is 0 Å². The van der Waals surface area contributed by atoms with Crippen LogP contribution in [-0.4, -0.2) is 29.8 Å². The highest BCUT2D eigenvalue weighted by molar-refractivity contribution is 5.89. The van der Waals surface area contributed by atoms with Gasteiger partial charge in [0.15, 0.2) is 0 Å². The first-order chi connectivity index (χ1) is 12.2. The lowest BCUT2D eigenvalue weighted by molar-refractivity contribution is -0.129. The van der Waals surface area contributed by atoms with Crippen molar-refractivity contribution in [1.29, 1.82) is 0 Å². The highest BCUT2D eigenvalue weighted by Crippen LogP contribution is 2.20. The van der Waals surface area contributed by atoms with Gasteiger partial charge in [-0.15, -0.1) is 0 Å². The van der Waals surface area contributed by atoms with E-state index in [-0.39, 0.29) is 17.7 Å². The fraction of sp³-hybridized carbons (Fsp3) is 0.333. The molecule has 0 aliphatic carbocycles. The Balaban J connectivity index is 1.41. The van der Waals surface area contributed by atoms with Gasteiger partial charge in [-0.25, -0.2) is 0 Å². The average molecular weight is 336 g/mol. The number of benzene rings is 2. The Kier molecular flexibility index (Phi) is 5.83. The number of rotatable bonds is 7. The Bertz CT molecular complexity index is 700. The van der Waals surface area contributed by atoms with Crippen LogP contribution < -0.4 is 5.32 Å². The van der Waals surface area contributed by atoms with Crippen molar-refractivity contribution in [2.45, 2.75) is 25.8 Å². The quantitative estimate of drug-likeness (QED) is 0.791. The van der Waals surface area contributed by atoms with Gasteiger partial charge in [0.2, 0.25) is 11.8 Å². The Morgan fingerprint density at radius 2 is 1.64 bits per heavy atom. The van der Waals surface area contributed by atoms with E-state index in [1.165, 1.54) is 5.56 Å². The van der Waals surface area contributed by atoms with Gasteiger partial charge >= 0.3 is 0 Å². The molecule has 1 saturated heterocycles. The van der Waals surface area contributed by atoms with Gasteiger partial charge in [-0.3, -0.25) is 9.59 Å². The molecular weight excluding hydrogens is 312 g/mol. The molecule has 1 N–H and O–H groups in total. The van der Waals surface area contributed by atoms with Crippen LogP contribution in [0.5, 0.6) is 0 Å². The van der Waals surface area contributed by atoms with Crippen LogP contribution in [0.15, 0.2) is 60.7 Å². The number of carbonyl (C=O) groups is 2. The van der Waals surface area contributed by atoms with Crippen LogP contribution in [0.4, 0.5) is 0 Å². The maximum Gasteiger partial charge on any atom is 0.225 e. The van der Waals surface area contributed by atoms with Crippen molar-refractivity contribution in [3.8, 4) is 0 Å². The summed E-state index contributed by atoms with van der Waals surface area (Å²) in [6.45, 7) is 1.74. The third-order valence-corrected chi connectivity index (χ3v) is 4.59. The summed E-state index contributed by atoms with van der Waals surface area (Å²) in [5.74, 6) is -0.168. The van der Waals surface area contributed by atoms with Gasteiger partial charge in [0.1, 0.15) is 0 Å². The molecule has 1 fully saturated rings. The first-order valence-corrected chi connectivity index (χ1v) is 8.86. The standard InChI is InChI=1S/C21H24N2O2/c24-20-14-19(16-23(20)15-18-10-5-2-6-11-18)21(25)22-13-7-12-17-8-3-1-4-9-17/h1-6,8-11,19H,7,12-16H2,(H,22,25). The summed E-state index contributed by atoms with van der Waals surface area (Å²) in [6, 6.07) is 20.1. The molecule has 130 valence electrons. The predicted molar refractivity (Wildman–Crippen MR) is 97.7 cm³/mol. The lowest BCUT2D eigenvalue weighted by Crippen LogP contribution is -2.33. The summed E-state index contributed by atoms with van der Waals surface area (Å²) in [5, 5.41) is 2.98. The molecule has 4 nitrogen and oxygen atoms in total. The van der Waals surface area contributed by atoms with Crippen molar-refractivity contribution in [3.05, 3.63) is 71.8 Å². The molecule has 4 heteroatoms. The topological polar surface area (TPSA) is 49.4 Å². The average Bonchev–Trinajstić information content (AvgIpc) is 3.01. The number of hydrogen-bond acceptors (Lipinski definition) is 2. The van der Waals surface area contributed by atoms with Gasteiger partial charge in [0.05, 0.1) is 5.92 Å². The first kappa shape index (κ1) is 17.2. The molecule has 1 unspecified atom stereocenters. The lowest BCUT2D eigenvalue weighted by Gasteiger charge is -2.16. The molecule has 2 aromatic carbocycles. The van der Waals surface area contributed by atoms with Crippen LogP contribution >= 0.6 is 0 Å². The summed E-state index contributed by atoms with van der Waals surface area (Å²) in [5.41, 5.74) is 2.38. The zero-order valence-corrected chi connectivity index (χ0v) is 14.4. The molecule has 0 bridgehead atoms. The van der Waals surface area contributed by atoms with Gasteiger partial charge in [0, 0.05) is 26.1 Å². The smallest absolute Gasteiger partial charge is 0.225 e. The van der Waals surface area contributed by atoms with Crippen LogP contribution in [0.2, 0.25) is 0 Å². The van der Waals surface area contributed by atoms with Crippen LogP contribution in [0.25, 0.3) is 0 Å². The van der Waals surface area contributed by atoms with Gasteiger partial charge in [-0.1, -0.05) is 60.7 Å². The van der Waals surface area contributed by atoms with Crippen molar-refractivity contribution in [3.63, 3.8) is 0 Å². The summed E-state index contributed by atoms with van der Waals surface area (Å²) in [6.07, 6.45) is 2.17. The molecule has 0 spiro atoms. The highest BCUT2D eigenvalue weighted by Gasteiger charge is 2.33. The van der Waals surface area contributed by atoms with Crippen molar-refractivity contribution < 1.29 is 9.59 Å². The number of hydrogen-bond donors (Lipinski definition) is 1. The Morgan fingerprint density at radius 3 is 2.32 bits per heavy atom. The Morgan fingerprint density at radius 1 is 1.00 bits per heavy atom. The fourth-order valence-electron chi connectivity index (χ4n) is 3.20. The van der Waals surface area contributed by atoms with Crippen LogP contribution in [-0.2, 0) is 22.6 Å². The predicted octanol–water partition coefficient (Wildman–Crippen LogP) is 2.78. The molecule has 3 rings (SSSR count). The second-order valence-electron chi connectivity index (χ2n) is 6.54. The van der Waals surface area contributed by atoms with E-state index < -0.39 is 0 Å². The SMILES string of the molecule is O=C(NCCCc1ccccc1)C1CC(=O)N(Cc2ccccc2)C1. The minimum Gasteiger partial charge on any atom is -0.356 e. The zero-order chi connectivity index (χ0) is 17.5. The molecule has 1 atom stereocenters. The molecule has 1 aliphatic rings. The maximum atomic E-state index is 12.3. The minimum absolute atomic E-state index is 0.00280. The van der Waals surface area contributed by atoms with E-state index in [2.05, 4.69) is 17.4 Å². The third-order valence-electron chi connectivity index (χ3n) is 4.59. The molecule has 25 heavy (non-hydrogen) atoms. The molecule has 2 amide bonds. The molecule has 0 saturated carbocycles. The lowest BCUT2D eigenvalue weighted by atomic mass is 10.1. The number of nitrogens with one attached hydrogen (secondary N) is 1. The second kappa shape index (κ2) is 8.47. The van der Waals surface area contributed by atoms with E-state index in [1.54, 1.807) is 4.90 Å². The first-order valence-electron chi connectivity index (χ1n) is 8.86. The normalized spacial score (nSPS) is 16.9. The maximum absolute atomic E-state index is 12.3. The van der Waals surface area contributed by atoms with E-state index in [9.17, 15) is 9.59 Å². The van der Waals surface area contributed by atoms with Gasteiger partial charge in [0.25, 0.3) is 0 Å². The van der Waals surface area contributed by atoms with Crippen molar-refractivity contribution in [1.82, 2.24) is 10.2 Å². The Labute approximate surface area is 148 Å². The number of carbonyl (C=O) groups excluding carboxylic acids is 2. The number of likely N-dealkylation sites (tertiary alicyclic amines) is 1. The zero-order valence-electron chi connectivity index (χ0n) is 14.4. The van der Waals surface area contributed by atoms with Crippen LogP contribution in [0.1, 0.15) is 24.0 Å². The fourth-order valence-corrected chi connectivity index (χ4v) is 3.20. The molecule has 0 radical (unpaired) electrons. The summed E-state index contributed by atoms with van der Waals surface area (Å²) in [7, 11) is 0. The van der Waals surface area contributed by atoms with E-state index in [4.69, 9.17) is 0 Å². The summed E-state index contributed by atoms with van der Waals surface area (Å²) in [4.78, 5) is 26.2. The largest absolute Gasteiger partial charge is 0.356 e. The van der Waals surface area contributed by atoms with E-state index in [1.807, 2.05) is 48.5 Å². The van der Waals surface area contributed by atoms with Crippen LogP contribution in [0, 0.1) is 5.92 Å². The van der Waals surface area contributed by atoms with E-state index >= 15 is 0 Å². The number of amides is 2.